The molecule has 0 N–H and O–H groups in total. The van der Waals surface area contributed by atoms with Crippen LogP contribution in [0.3, 0.4) is 0 Å². The van der Waals surface area contributed by atoms with Gasteiger partial charge in [-0.2, -0.15) is 0 Å². The van der Waals surface area contributed by atoms with E-state index in [1.54, 1.807) is 22.9 Å². The predicted octanol–water partition coefficient (Wildman–Crippen LogP) is 1.67. The van der Waals surface area contributed by atoms with E-state index in [0.717, 1.165) is 11.8 Å². The monoisotopic (exact) mass is 268 g/mol. The van der Waals surface area contributed by atoms with Crippen LogP contribution in [0.1, 0.15) is 5.56 Å². The molecule has 0 bridgehead atoms. The number of nitrogens with zero attached hydrogens (tertiary/aromatic N) is 2. The van der Waals surface area contributed by atoms with Crippen molar-refractivity contribution in [2.24, 2.45) is 0 Å². The average molecular weight is 268 g/mol. The maximum Gasteiger partial charge on any atom is 0.227 e. The number of sulfone groups is 1. The number of halogens is 1. The lowest BCUT2D eigenvalue weighted by Crippen LogP contribution is -2.10. The molecule has 0 amide bonds. The molecule has 1 heterocycles. The van der Waals surface area contributed by atoms with Gasteiger partial charge in [-0.15, -0.1) is 0 Å². The first-order chi connectivity index (χ1) is 8.47. The molecule has 0 radical (unpaired) electrons. The van der Waals surface area contributed by atoms with Crippen LogP contribution < -0.4 is 0 Å². The maximum absolute atomic E-state index is 12.7. The quantitative estimate of drug-likeness (QED) is 0.847. The summed E-state index contributed by atoms with van der Waals surface area (Å²) in [6.07, 6.45) is 4.84. The predicted molar refractivity (Wildman–Crippen MR) is 65.4 cm³/mol. The highest BCUT2D eigenvalue weighted by Crippen LogP contribution is 2.09. The molecule has 0 saturated carbocycles. The summed E-state index contributed by atoms with van der Waals surface area (Å²) in [5.41, 5.74) is 0.949. The van der Waals surface area contributed by atoms with Crippen LogP contribution >= 0.6 is 0 Å². The molecular weight excluding hydrogens is 255 g/mol. The third-order valence-corrected chi connectivity index (χ3v) is 3.57. The molecule has 0 spiro atoms. The lowest BCUT2D eigenvalue weighted by atomic mass is 10.1. The molecule has 1 aromatic heterocycles. The first kappa shape index (κ1) is 12.8. The second-order valence-corrected chi connectivity index (χ2v) is 5.96. The van der Waals surface area contributed by atoms with E-state index in [1.807, 2.05) is 0 Å². The Kier molecular flexibility index (Phi) is 3.47. The Hall–Kier alpha value is -1.69. The van der Waals surface area contributed by atoms with Gasteiger partial charge < -0.3 is 4.57 Å². The Bertz CT molecular complexity index is 632. The zero-order valence-corrected chi connectivity index (χ0v) is 10.7. The Balaban J connectivity index is 2.12. The van der Waals surface area contributed by atoms with Crippen LogP contribution in [0.15, 0.2) is 41.8 Å². The molecule has 0 aliphatic carbocycles. The van der Waals surface area contributed by atoms with Gasteiger partial charge in [-0.1, -0.05) is 12.1 Å². The van der Waals surface area contributed by atoms with Gasteiger partial charge in [-0.25, -0.2) is 17.8 Å². The van der Waals surface area contributed by atoms with Gasteiger partial charge in [0, 0.05) is 25.2 Å². The third-order valence-electron chi connectivity index (χ3n) is 2.56. The fourth-order valence-electron chi connectivity index (χ4n) is 1.70. The first-order valence-corrected chi connectivity index (χ1v) is 7.31. The summed E-state index contributed by atoms with van der Waals surface area (Å²) in [7, 11) is -3.31. The molecule has 2 rings (SSSR count). The number of imidazole rings is 1. The van der Waals surface area contributed by atoms with Gasteiger partial charge in [-0.3, -0.25) is 0 Å². The van der Waals surface area contributed by atoms with Gasteiger partial charge in [0.15, 0.2) is 0 Å². The number of aromatic nitrogens is 2. The average Bonchev–Trinajstić information content (AvgIpc) is 2.76. The van der Waals surface area contributed by atoms with Crippen molar-refractivity contribution in [3.8, 4) is 0 Å². The summed E-state index contributed by atoms with van der Waals surface area (Å²) in [6.45, 7) is 0.494. The molecule has 0 atom stereocenters. The third kappa shape index (κ3) is 2.95. The minimum Gasteiger partial charge on any atom is -0.322 e. The SMILES string of the molecule is CS(=O)(=O)c1nccn1CCc1ccc(F)cc1. The summed E-state index contributed by atoms with van der Waals surface area (Å²) in [6, 6.07) is 6.15. The second kappa shape index (κ2) is 4.89. The molecule has 6 heteroatoms. The molecule has 96 valence electrons. The van der Waals surface area contributed by atoms with Crippen LogP contribution in [0, 0.1) is 5.82 Å². The summed E-state index contributed by atoms with van der Waals surface area (Å²) < 4.78 is 37.2. The maximum atomic E-state index is 12.7. The van der Waals surface area contributed by atoms with Crippen molar-refractivity contribution in [3.05, 3.63) is 48.0 Å². The van der Waals surface area contributed by atoms with Crippen LogP contribution in [0.4, 0.5) is 4.39 Å². The van der Waals surface area contributed by atoms with E-state index in [1.165, 1.54) is 18.3 Å². The van der Waals surface area contributed by atoms with E-state index in [-0.39, 0.29) is 11.0 Å². The highest BCUT2D eigenvalue weighted by molar-refractivity contribution is 7.90. The van der Waals surface area contributed by atoms with Gasteiger partial charge in [0.1, 0.15) is 5.82 Å². The Morgan fingerprint density at radius 2 is 1.94 bits per heavy atom. The van der Waals surface area contributed by atoms with Gasteiger partial charge >= 0.3 is 0 Å². The fourth-order valence-corrected chi connectivity index (χ4v) is 2.53. The molecule has 0 saturated heterocycles. The summed E-state index contributed by atoms with van der Waals surface area (Å²) in [5.74, 6) is -0.279. The van der Waals surface area contributed by atoms with Crippen molar-refractivity contribution in [1.82, 2.24) is 9.55 Å². The molecule has 1 aromatic carbocycles. The van der Waals surface area contributed by atoms with E-state index in [0.29, 0.717) is 13.0 Å². The van der Waals surface area contributed by atoms with E-state index in [4.69, 9.17) is 0 Å². The van der Waals surface area contributed by atoms with Crippen molar-refractivity contribution in [1.29, 1.82) is 0 Å². The van der Waals surface area contributed by atoms with E-state index < -0.39 is 9.84 Å². The minimum atomic E-state index is -3.31. The Morgan fingerprint density at radius 3 is 2.56 bits per heavy atom. The number of rotatable bonds is 4. The summed E-state index contributed by atoms with van der Waals surface area (Å²) >= 11 is 0. The molecule has 0 unspecified atom stereocenters. The van der Waals surface area contributed by atoms with Crippen LogP contribution in [0.25, 0.3) is 0 Å². The van der Waals surface area contributed by atoms with Crippen LogP contribution in [0.5, 0.6) is 0 Å². The van der Waals surface area contributed by atoms with Crippen molar-refractivity contribution in [2.45, 2.75) is 18.1 Å². The zero-order valence-electron chi connectivity index (χ0n) is 9.88. The molecule has 18 heavy (non-hydrogen) atoms. The number of hydrogen-bond donors (Lipinski definition) is 0. The fraction of sp³-hybridized carbons (Fsp3) is 0.250. The Morgan fingerprint density at radius 1 is 1.28 bits per heavy atom. The van der Waals surface area contributed by atoms with Crippen LogP contribution in [-0.4, -0.2) is 24.2 Å². The lowest BCUT2D eigenvalue weighted by Gasteiger charge is -2.06. The topological polar surface area (TPSA) is 52.0 Å². The largest absolute Gasteiger partial charge is 0.322 e. The first-order valence-electron chi connectivity index (χ1n) is 5.42. The van der Waals surface area contributed by atoms with E-state index in [9.17, 15) is 12.8 Å². The molecule has 4 nitrogen and oxygen atoms in total. The Labute approximate surface area is 105 Å². The standard InChI is InChI=1S/C12H13FN2O2S/c1-18(16,17)12-14-7-9-15(12)8-6-10-2-4-11(13)5-3-10/h2-5,7,9H,6,8H2,1H3. The molecular formula is C12H13FN2O2S. The highest BCUT2D eigenvalue weighted by Gasteiger charge is 2.13. The van der Waals surface area contributed by atoms with Gasteiger partial charge in [0.2, 0.25) is 15.0 Å². The molecule has 2 aromatic rings. The van der Waals surface area contributed by atoms with Crippen LogP contribution in [0.2, 0.25) is 0 Å². The minimum absolute atomic E-state index is 0.0598. The van der Waals surface area contributed by atoms with Crippen LogP contribution in [-0.2, 0) is 22.8 Å². The highest BCUT2D eigenvalue weighted by atomic mass is 32.2. The van der Waals surface area contributed by atoms with Crippen molar-refractivity contribution >= 4 is 9.84 Å². The van der Waals surface area contributed by atoms with Gasteiger partial charge in [0.25, 0.3) is 0 Å². The smallest absolute Gasteiger partial charge is 0.227 e. The molecule has 0 aliphatic rings. The van der Waals surface area contributed by atoms with Gasteiger partial charge in [0.05, 0.1) is 0 Å². The van der Waals surface area contributed by atoms with Gasteiger partial charge in [-0.05, 0) is 24.1 Å². The number of aryl methyl sites for hydroxylation is 2. The van der Waals surface area contributed by atoms with E-state index >= 15 is 0 Å². The summed E-state index contributed by atoms with van der Waals surface area (Å²) in [4.78, 5) is 3.83. The lowest BCUT2D eigenvalue weighted by molar-refractivity contribution is 0.565. The van der Waals surface area contributed by atoms with Crippen molar-refractivity contribution in [2.75, 3.05) is 6.26 Å². The second-order valence-electron chi connectivity index (χ2n) is 4.05. The van der Waals surface area contributed by atoms with E-state index in [2.05, 4.69) is 4.98 Å². The zero-order chi connectivity index (χ0) is 13.2. The normalized spacial score (nSPS) is 11.7. The van der Waals surface area contributed by atoms with Crippen molar-refractivity contribution in [3.63, 3.8) is 0 Å². The van der Waals surface area contributed by atoms with Crippen molar-refractivity contribution < 1.29 is 12.8 Å². The molecule has 0 fully saturated rings. The number of benzene rings is 1. The molecule has 0 aliphatic heterocycles. The number of hydrogen-bond acceptors (Lipinski definition) is 3. The summed E-state index contributed by atoms with van der Waals surface area (Å²) in [5, 5.41) is 0.0598.